The molecule has 1 aliphatic heterocycles. The number of ether oxygens (including phenoxy) is 1. The van der Waals surface area contributed by atoms with Gasteiger partial charge in [-0.1, -0.05) is 11.8 Å². The van der Waals surface area contributed by atoms with Gasteiger partial charge in [0.05, 0.1) is 0 Å². The van der Waals surface area contributed by atoms with Crippen LogP contribution < -0.4 is 5.32 Å². The summed E-state index contributed by atoms with van der Waals surface area (Å²) >= 11 is 1.60. The fourth-order valence-electron chi connectivity index (χ4n) is 0.455. The van der Waals surface area contributed by atoms with Crippen LogP contribution in [-0.2, 0) is 4.74 Å². The summed E-state index contributed by atoms with van der Waals surface area (Å²) in [5.41, 5.74) is 0. The third-order valence-corrected chi connectivity index (χ3v) is 1.48. The lowest BCUT2D eigenvalue weighted by molar-refractivity contribution is 0.127. The number of rotatable bonds is 0. The summed E-state index contributed by atoms with van der Waals surface area (Å²) in [6, 6.07) is 0. The lowest BCUT2D eigenvalue weighted by Gasteiger charge is -2.11. The van der Waals surface area contributed by atoms with Gasteiger partial charge in [0.25, 0.3) is 0 Å². The molecule has 3 nitrogen and oxygen atoms in total. The summed E-state index contributed by atoms with van der Waals surface area (Å²) in [7, 11) is 0. The number of amidine groups is 1. The van der Waals surface area contributed by atoms with Crippen LogP contribution in [0.25, 0.3) is 0 Å². The SMILES string of the molecule is CSC1=NCOCN1. The normalized spacial score (nSPS) is 19.4. The lowest BCUT2D eigenvalue weighted by Crippen LogP contribution is -2.28. The minimum atomic E-state index is 0.503. The molecular weight excluding hydrogens is 124 g/mol. The molecule has 0 bridgehead atoms. The highest BCUT2D eigenvalue weighted by atomic mass is 32.2. The van der Waals surface area contributed by atoms with Crippen molar-refractivity contribution in [2.75, 3.05) is 19.7 Å². The van der Waals surface area contributed by atoms with Crippen LogP contribution in [0.2, 0.25) is 0 Å². The Labute approximate surface area is 52.5 Å². The predicted octanol–water partition coefficient (Wildman–Crippen LogP) is 0.240. The van der Waals surface area contributed by atoms with Crippen LogP contribution in [0.5, 0.6) is 0 Å². The minimum absolute atomic E-state index is 0.503. The maximum absolute atomic E-state index is 4.89. The molecule has 0 saturated carbocycles. The first kappa shape index (κ1) is 5.91. The van der Waals surface area contributed by atoms with Crippen LogP contribution in [0.4, 0.5) is 0 Å². The van der Waals surface area contributed by atoms with Gasteiger partial charge in [-0.25, -0.2) is 4.99 Å². The van der Waals surface area contributed by atoms with Gasteiger partial charge in [0.2, 0.25) is 0 Å². The fraction of sp³-hybridized carbons (Fsp3) is 0.750. The molecule has 0 aliphatic carbocycles. The van der Waals surface area contributed by atoms with Crippen LogP contribution in [0.3, 0.4) is 0 Å². The largest absolute Gasteiger partial charge is 0.342 e. The number of hydrogen-bond acceptors (Lipinski definition) is 4. The van der Waals surface area contributed by atoms with Crippen LogP contribution in [0, 0.1) is 0 Å². The average Bonchev–Trinajstić information content (AvgIpc) is 1.90. The molecule has 1 heterocycles. The molecule has 0 spiro atoms. The van der Waals surface area contributed by atoms with Crippen molar-refractivity contribution in [1.29, 1.82) is 0 Å². The van der Waals surface area contributed by atoms with E-state index in [0.29, 0.717) is 13.5 Å². The summed E-state index contributed by atoms with van der Waals surface area (Å²) in [4.78, 5) is 3.99. The Balaban J connectivity index is 2.37. The molecule has 0 aromatic heterocycles. The Morgan fingerprint density at radius 1 is 1.88 bits per heavy atom. The molecule has 0 amide bonds. The molecule has 46 valence electrons. The topological polar surface area (TPSA) is 33.6 Å². The van der Waals surface area contributed by atoms with Crippen LogP contribution >= 0.6 is 11.8 Å². The third-order valence-electron chi connectivity index (χ3n) is 0.818. The molecule has 0 fully saturated rings. The standard InChI is InChI=1S/C4H8N2OS/c1-8-4-5-2-7-3-6-4/h2-3H2,1H3,(H,5,6). The highest BCUT2D eigenvalue weighted by Crippen LogP contribution is 1.97. The van der Waals surface area contributed by atoms with Gasteiger partial charge >= 0.3 is 0 Å². The van der Waals surface area contributed by atoms with Crippen molar-refractivity contribution in [2.45, 2.75) is 0 Å². The fourth-order valence-corrected chi connectivity index (χ4v) is 0.840. The van der Waals surface area contributed by atoms with Crippen LogP contribution in [0.15, 0.2) is 4.99 Å². The van der Waals surface area contributed by atoms with E-state index in [0.717, 1.165) is 5.17 Å². The van der Waals surface area contributed by atoms with Crippen molar-refractivity contribution in [2.24, 2.45) is 4.99 Å². The van der Waals surface area contributed by atoms with E-state index in [2.05, 4.69) is 10.3 Å². The third kappa shape index (κ3) is 1.38. The molecular formula is C4H8N2OS. The predicted molar refractivity (Wildman–Crippen MR) is 34.9 cm³/mol. The smallest absolute Gasteiger partial charge is 0.160 e. The van der Waals surface area contributed by atoms with Crippen LogP contribution in [-0.4, -0.2) is 24.9 Å². The summed E-state index contributed by atoms with van der Waals surface area (Å²) in [6.45, 7) is 1.10. The molecule has 4 heteroatoms. The zero-order valence-electron chi connectivity index (χ0n) is 4.68. The van der Waals surface area contributed by atoms with Gasteiger partial charge in [0, 0.05) is 0 Å². The highest BCUT2D eigenvalue weighted by molar-refractivity contribution is 8.13. The Morgan fingerprint density at radius 2 is 2.75 bits per heavy atom. The van der Waals surface area contributed by atoms with Crippen LogP contribution in [0.1, 0.15) is 0 Å². The Kier molecular flexibility index (Phi) is 2.17. The van der Waals surface area contributed by atoms with E-state index in [1.54, 1.807) is 11.8 Å². The summed E-state index contributed by atoms with van der Waals surface area (Å²) < 4.78 is 4.89. The second-order valence-corrected chi connectivity index (χ2v) is 2.12. The highest BCUT2D eigenvalue weighted by Gasteiger charge is 1.98. The second-order valence-electron chi connectivity index (χ2n) is 1.32. The Hall–Kier alpha value is -0.220. The van der Waals surface area contributed by atoms with Crippen molar-refractivity contribution < 1.29 is 4.74 Å². The number of nitrogens with zero attached hydrogens (tertiary/aromatic N) is 1. The Morgan fingerprint density at radius 3 is 3.12 bits per heavy atom. The first-order chi connectivity index (χ1) is 3.93. The second kappa shape index (κ2) is 2.94. The minimum Gasteiger partial charge on any atom is -0.342 e. The number of thioether (sulfide) groups is 1. The van der Waals surface area contributed by atoms with E-state index in [4.69, 9.17) is 4.74 Å². The first-order valence-corrected chi connectivity index (χ1v) is 3.56. The van der Waals surface area contributed by atoms with Crippen molar-refractivity contribution in [3.63, 3.8) is 0 Å². The molecule has 0 saturated heterocycles. The molecule has 8 heavy (non-hydrogen) atoms. The van der Waals surface area contributed by atoms with Crippen molar-refractivity contribution in [1.82, 2.24) is 5.32 Å². The molecule has 0 radical (unpaired) electrons. The molecule has 0 atom stereocenters. The first-order valence-electron chi connectivity index (χ1n) is 2.33. The zero-order chi connectivity index (χ0) is 5.82. The number of hydrogen-bond donors (Lipinski definition) is 1. The zero-order valence-corrected chi connectivity index (χ0v) is 5.49. The summed E-state index contributed by atoms with van der Waals surface area (Å²) in [5.74, 6) is 0. The number of nitrogens with one attached hydrogen (secondary N) is 1. The number of aliphatic imine (C=N–C) groups is 1. The van der Waals surface area contributed by atoms with E-state index in [9.17, 15) is 0 Å². The van der Waals surface area contributed by atoms with E-state index < -0.39 is 0 Å². The quantitative estimate of drug-likeness (QED) is 0.512. The maximum atomic E-state index is 4.89. The molecule has 1 rings (SSSR count). The average molecular weight is 132 g/mol. The van der Waals surface area contributed by atoms with Crippen molar-refractivity contribution in [3.8, 4) is 0 Å². The molecule has 0 aromatic carbocycles. The van der Waals surface area contributed by atoms with E-state index in [1.165, 1.54) is 0 Å². The van der Waals surface area contributed by atoms with Gasteiger partial charge in [-0.3, -0.25) is 0 Å². The molecule has 0 unspecified atom stereocenters. The van der Waals surface area contributed by atoms with E-state index >= 15 is 0 Å². The summed E-state index contributed by atoms with van der Waals surface area (Å²) in [5, 5.41) is 3.93. The molecule has 1 N–H and O–H groups in total. The monoisotopic (exact) mass is 132 g/mol. The van der Waals surface area contributed by atoms with E-state index in [1.807, 2.05) is 6.26 Å². The lowest BCUT2D eigenvalue weighted by atomic mass is 11.0. The van der Waals surface area contributed by atoms with E-state index in [-0.39, 0.29) is 0 Å². The van der Waals surface area contributed by atoms with Gasteiger partial charge in [-0.15, -0.1) is 0 Å². The molecule has 0 aromatic rings. The maximum Gasteiger partial charge on any atom is 0.160 e. The van der Waals surface area contributed by atoms with Gasteiger partial charge in [0.1, 0.15) is 13.5 Å². The summed E-state index contributed by atoms with van der Waals surface area (Å²) in [6.07, 6.45) is 1.98. The van der Waals surface area contributed by atoms with Crippen molar-refractivity contribution in [3.05, 3.63) is 0 Å². The van der Waals surface area contributed by atoms with Gasteiger partial charge in [-0.2, -0.15) is 0 Å². The Bertz CT molecular complexity index is 104. The van der Waals surface area contributed by atoms with Gasteiger partial charge in [0.15, 0.2) is 5.17 Å². The van der Waals surface area contributed by atoms with Gasteiger partial charge < -0.3 is 10.1 Å². The molecule has 1 aliphatic rings. The van der Waals surface area contributed by atoms with Crippen molar-refractivity contribution >= 4 is 16.9 Å². The van der Waals surface area contributed by atoms with Gasteiger partial charge in [-0.05, 0) is 6.26 Å².